The van der Waals surface area contributed by atoms with Gasteiger partial charge in [-0.3, -0.25) is 9.59 Å². The molecule has 0 saturated carbocycles. The van der Waals surface area contributed by atoms with Gasteiger partial charge in [0.05, 0.1) is 19.2 Å². The zero-order valence-electron chi connectivity index (χ0n) is 13.7. The van der Waals surface area contributed by atoms with Crippen molar-refractivity contribution in [2.45, 2.75) is 6.10 Å². The quantitative estimate of drug-likeness (QED) is 0.214. The van der Waals surface area contributed by atoms with Crippen LogP contribution in [0.2, 0.25) is 0 Å². The maximum Gasteiger partial charge on any atom is 0.330 e. The molecule has 7 N–H and O–H groups in total. The number of likely N-dealkylation sites (N-methyl/N-ethyl adjacent to an activating group) is 1. The standard InChI is InChI=1S/C15H22N4O6/c1-17-6-11(21)9-2-3-10(20)12(4-9)25-15(24)8-19-14(23)7-18-13(22)5-16/h2-4,11,17,20-21H,5-8,16H2,1H3,(H,18,22)(H,19,23). The molecule has 1 aromatic carbocycles. The van der Waals surface area contributed by atoms with Gasteiger partial charge < -0.3 is 36.6 Å². The van der Waals surface area contributed by atoms with Gasteiger partial charge in [-0.1, -0.05) is 6.07 Å². The Morgan fingerprint density at radius 3 is 2.52 bits per heavy atom. The van der Waals surface area contributed by atoms with Crippen LogP contribution >= 0.6 is 0 Å². The number of carbonyl (C=O) groups excluding carboxylic acids is 3. The van der Waals surface area contributed by atoms with Crippen molar-refractivity contribution in [3.05, 3.63) is 23.8 Å². The van der Waals surface area contributed by atoms with E-state index in [0.29, 0.717) is 5.56 Å². The number of benzene rings is 1. The van der Waals surface area contributed by atoms with Gasteiger partial charge in [0.25, 0.3) is 0 Å². The van der Waals surface area contributed by atoms with Crippen molar-refractivity contribution in [3.63, 3.8) is 0 Å². The molecule has 0 fully saturated rings. The van der Waals surface area contributed by atoms with Gasteiger partial charge >= 0.3 is 5.97 Å². The molecule has 0 heterocycles. The van der Waals surface area contributed by atoms with Crippen molar-refractivity contribution < 1.29 is 29.3 Å². The number of rotatable bonds is 9. The lowest BCUT2D eigenvalue weighted by Crippen LogP contribution is -2.41. The smallest absolute Gasteiger partial charge is 0.330 e. The Morgan fingerprint density at radius 2 is 1.88 bits per heavy atom. The van der Waals surface area contributed by atoms with Crippen LogP contribution in [-0.4, -0.2) is 61.2 Å². The number of aliphatic hydroxyl groups excluding tert-OH is 1. The van der Waals surface area contributed by atoms with Crippen LogP contribution in [0.1, 0.15) is 11.7 Å². The van der Waals surface area contributed by atoms with Crippen molar-refractivity contribution >= 4 is 17.8 Å². The molecule has 2 amide bonds. The first-order chi connectivity index (χ1) is 11.9. The van der Waals surface area contributed by atoms with Gasteiger partial charge in [0.2, 0.25) is 11.8 Å². The van der Waals surface area contributed by atoms with Crippen LogP contribution in [0.15, 0.2) is 18.2 Å². The SMILES string of the molecule is CNCC(O)c1ccc(O)c(OC(=O)CNC(=O)CNC(=O)CN)c1. The highest BCUT2D eigenvalue weighted by Crippen LogP contribution is 2.29. The molecule has 0 bridgehead atoms. The second-order valence-corrected chi connectivity index (χ2v) is 5.03. The molecule has 10 heteroatoms. The zero-order valence-corrected chi connectivity index (χ0v) is 13.7. The number of carbonyl (C=O) groups is 3. The molecule has 1 aromatic rings. The van der Waals surface area contributed by atoms with E-state index in [2.05, 4.69) is 16.0 Å². The highest BCUT2D eigenvalue weighted by molar-refractivity contribution is 5.87. The summed E-state index contributed by atoms with van der Waals surface area (Å²) in [5, 5.41) is 26.9. The van der Waals surface area contributed by atoms with Gasteiger partial charge in [0.15, 0.2) is 11.5 Å². The van der Waals surface area contributed by atoms with Gasteiger partial charge in [-0.25, -0.2) is 4.79 Å². The third kappa shape index (κ3) is 7.16. The van der Waals surface area contributed by atoms with Gasteiger partial charge in [-0.05, 0) is 24.7 Å². The van der Waals surface area contributed by atoms with Crippen molar-refractivity contribution in [1.29, 1.82) is 0 Å². The lowest BCUT2D eigenvalue weighted by molar-refractivity contribution is -0.135. The number of hydrogen-bond donors (Lipinski definition) is 6. The number of ether oxygens (including phenoxy) is 1. The third-order valence-corrected chi connectivity index (χ3v) is 3.05. The van der Waals surface area contributed by atoms with Crippen molar-refractivity contribution in [2.24, 2.45) is 5.73 Å². The van der Waals surface area contributed by atoms with E-state index in [1.54, 1.807) is 7.05 Å². The van der Waals surface area contributed by atoms with E-state index in [4.69, 9.17) is 10.5 Å². The van der Waals surface area contributed by atoms with E-state index in [0.717, 1.165) is 0 Å². The normalized spacial score (nSPS) is 11.5. The predicted molar refractivity (Wildman–Crippen MR) is 87.7 cm³/mol. The van der Waals surface area contributed by atoms with Crippen LogP contribution in [0.3, 0.4) is 0 Å². The maximum absolute atomic E-state index is 11.7. The minimum Gasteiger partial charge on any atom is -0.504 e. The highest BCUT2D eigenvalue weighted by atomic mass is 16.5. The fourth-order valence-corrected chi connectivity index (χ4v) is 1.77. The molecule has 1 unspecified atom stereocenters. The van der Waals surface area contributed by atoms with Gasteiger partial charge in [0.1, 0.15) is 6.54 Å². The molecule has 138 valence electrons. The molecular formula is C15H22N4O6. The van der Waals surface area contributed by atoms with E-state index < -0.39 is 30.4 Å². The van der Waals surface area contributed by atoms with Crippen LogP contribution in [-0.2, 0) is 14.4 Å². The van der Waals surface area contributed by atoms with Crippen molar-refractivity contribution in [2.75, 3.05) is 33.2 Å². The third-order valence-electron chi connectivity index (χ3n) is 3.05. The average Bonchev–Trinajstić information content (AvgIpc) is 2.59. The molecule has 10 nitrogen and oxygen atoms in total. The summed E-state index contributed by atoms with van der Waals surface area (Å²) in [6.45, 7) is -0.743. The number of amides is 2. The summed E-state index contributed by atoms with van der Waals surface area (Å²) in [6.07, 6.45) is -0.839. The number of nitrogens with one attached hydrogen (secondary N) is 3. The first-order valence-corrected chi connectivity index (χ1v) is 7.47. The van der Waals surface area contributed by atoms with E-state index >= 15 is 0 Å². The molecule has 1 rings (SSSR count). The Labute approximate surface area is 144 Å². The molecule has 0 spiro atoms. The summed E-state index contributed by atoms with van der Waals surface area (Å²) < 4.78 is 4.97. The number of phenolic OH excluding ortho intramolecular Hbond substituents is 1. The molecular weight excluding hydrogens is 332 g/mol. The van der Waals surface area contributed by atoms with E-state index in [9.17, 15) is 24.6 Å². The predicted octanol–water partition coefficient (Wildman–Crippen LogP) is -2.26. The molecule has 25 heavy (non-hydrogen) atoms. The number of aromatic hydroxyl groups is 1. The van der Waals surface area contributed by atoms with Crippen LogP contribution in [0.5, 0.6) is 11.5 Å². The number of esters is 1. The molecule has 0 saturated heterocycles. The summed E-state index contributed by atoms with van der Waals surface area (Å²) in [6, 6.07) is 4.12. The first-order valence-electron chi connectivity index (χ1n) is 7.47. The largest absolute Gasteiger partial charge is 0.504 e. The summed E-state index contributed by atoms with van der Waals surface area (Å²) in [5.74, 6) is -2.34. The molecule has 1 atom stereocenters. The zero-order chi connectivity index (χ0) is 18.8. The minimum absolute atomic E-state index is 0.136. The molecule has 0 aliphatic rings. The van der Waals surface area contributed by atoms with E-state index in [1.807, 2.05) is 0 Å². The Bertz CT molecular complexity index is 622. The number of nitrogens with two attached hydrogens (primary N) is 1. The van der Waals surface area contributed by atoms with E-state index in [-0.39, 0.29) is 31.1 Å². The van der Waals surface area contributed by atoms with Gasteiger partial charge in [-0.15, -0.1) is 0 Å². The monoisotopic (exact) mass is 354 g/mol. The summed E-state index contributed by atoms with van der Waals surface area (Å²) in [7, 11) is 1.67. The maximum atomic E-state index is 11.7. The number of hydrogen-bond acceptors (Lipinski definition) is 8. The second-order valence-electron chi connectivity index (χ2n) is 5.03. The molecule has 0 aliphatic carbocycles. The minimum atomic E-state index is -0.839. The summed E-state index contributed by atoms with van der Waals surface area (Å²) in [4.78, 5) is 34.1. The van der Waals surface area contributed by atoms with Crippen molar-refractivity contribution in [3.8, 4) is 11.5 Å². The summed E-state index contributed by atoms with van der Waals surface area (Å²) in [5.41, 5.74) is 5.52. The van der Waals surface area contributed by atoms with Crippen LogP contribution < -0.4 is 26.4 Å². The Morgan fingerprint density at radius 1 is 1.20 bits per heavy atom. The van der Waals surface area contributed by atoms with Crippen LogP contribution in [0.4, 0.5) is 0 Å². The second kappa shape index (κ2) is 10.2. The van der Waals surface area contributed by atoms with Gasteiger partial charge in [0, 0.05) is 6.54 Å². The highest BCUT2D eigenvalue weighted by Gasteiger charge is 2.14. The summed E-state index contributed by atoms with van der Waals surface area (Å²) >= 11 is 0. The number of phenols is 1. The molecule has 0 radical (unpaired) electrons. The van der Waals surface area contributed by atoms with Crippen LogP contribution in [0, 0.1) is 0 Å². The lowest BCUT2D eigenvalue weighted by Gasteiger charge is -2.13. The average molecular weight is 354 g/mol. The Balaban J connectivity index is 2.55. The lowest BCUT2D eigenvalue weighted by atomic mass is 10.1. The topological polar surface area (TPSA) is 163 Å². The number of aliphatic hydroxyl groups is 1. The van der Waals surface area contributed by atoms with Crippen molar-refractivity contribution in [1.82, 2.24) is 16.0 Å². The fourth-order valence-electron chi connectivity index (χ4n) is 1.77. The van der Waals surface area contributed by atoms with Gasteiger partial charge in [-0.2, -0.15) is 0 Å². The van der Waals surface area contributed by atoms with Crippen LogP contribution in [0.25, 0.3) is 0 Å². The Kier molecular flexibility index (Phi) is 8.33. The fraction of sp³-hybridized carbons (Fsp3) is 0.400. The first kappa shape index (κ1) is 20.4. The molecule has 0 aromatic heterocycles. The molecule has 0 aliphatic heterocycles. The Hall–Kier alpha value is -2.69. The van der Waals surface area contributed by atoms with E-state index in [1.165, 1.54) is 18.2 Å².